The fourth-order valence-electron chi connectivity index (χ4n) is 1.57. The van der Waals surface area contributed by atoms with Crippen LogP contribution in [0.1, 0.15) is 11.4 Å². The molecule has 14 heavy (non-hydrogen) atoms. The van der Waals surface area contributed by atoms with Crippen LogP contribution in [0.5, 0.6) is 0 Å². The van der Waals surface area contributed by atoms with Crippen LogP contribution in [-0.2, 0) is 13.6 Å². The summed E-state index contributed by atoms with van der Waals surface area (Å²) in [5.74, 6) is 0.996. The highest BCUT2D eigenvalue weighted by molar-refractivity contribution is 5.75. The first-order chi connectivity index (χ1) is 6.74. The number of fused-ring (bicyclic) bond motifs is 1. The molecule has 0 amide bonds. The molecule has 0 atom stereocenters. The summed E-state index contributed by atoms with van der Waals surface area (Å²) in [5.41, 5.74) is 3.15. The molecule has 0 aliphatic rings. The summed E-state index contributed by atoms with van der Waals surface area (Å²) in [6, 6.07) is 2.01. The molecule has 0 aromatic carbocycles. The highest BCUT2D eigenvalue weighted by atomic mass is 15.1. The lowest BCUT2D eigenvalue weighted by atomic mass is 10.2. The van der Waals surface area contributed by atoms with E-state index in [0.717, 1.165) is 23.5 Å². The predicted molar refractivity (Wildman–Crippen MR) is 56.0 cm³/mol. The molecule has 4 heteroatoms. The molecule has 0 aliphatic heterocycles. The third-order valence-corrected chi connectivity index (χ3v) is 2.43. The first-order valence-corrected chi connectivity index (χ1v) is 4.65. The van der Waals surface area contributed by atoms with Gasteiger partial charge >= 0.3 is 0 Å². The predicted octanol–water partition coefficient (Wildman–Crippen LogP) is 0.996. The minimum atomic E-state index is 0.829. The minimum Gasteiger partial charge on any atom is -0.316 e. The zero-order chi connectivity index (χ0) is 10.1. The number of rotatable bonds is 2. The lowest BCUT2D eigenvalue weighted by Gasteiger charge is -2.00. The lowest BCUT2D eigenvalue weighted by molar-refractivity contribution is 0.821. The monoisotopic (exact) mass is 190 g/mol. The van der Waals surface area contributed by atoms with E-state index in [-0.39, 0.29) is 0 Å². The van der Waals surface area contributed by atoms with Gasteiger partial charge in [-0.15, -0.1) is 0 Å². The summed E-state index contributed by atoms with van der Waals surface area (Å²) in [6.07, 6.45) is 1.83. The highest BCUT2D eigenvalue weighted by Gasteiger charge is 2.08. The summed E-state index contributed by atoms with van der Waals surface area (Å²) in [4.78, 5) is 8.81. The summed E-state index contributed by atoms with van der Waals surface area (Å²) in [6.45, 7) is 2.82. The zero-order valence-corrected chi connectivity index (χ0v) is 8.70. The molecule has 1 N–H and O–H groups in total. The number of hydrogen-bond acceptors (Lipinski definition) is 3. The van der Waals surface area contributed by atoms with Crippen molar-refractivity contribution < 1.29 is 0 Å². The third kappa shape index (κ3) is 1.28. The van der Waals surface area contributed by atoms with Gasteiger partial charge in [0.05, 0.1) is 0 Å². The number of aryl methyl sites for hydroxylation is 2. The van der Waals surface area contributed by atoms with Crippen LogP contribution in [0, 0.1) is 6.92 Å². The average Bonchev–Trinajstić information content (AvgIpc) is 2.46. The molecule has 2 rings (SSSR count). The van der Waals surface area contributed by atoms with E-state index >= 15 is 0 Å². The Morgan fingerprint density at radius 1 is 1.50 bits per heavy atom. The van der Waals surface area contributed by atoms with Crippen LogP contribution in [0.4, 0.5) is 0 Å². The fraction of sp³-hybridized carbons (Fsp3) is 0.400. The van der Waals surface area contributed by atoms with Gasteiger partial charge in [0.1, 0.15) is 11.3 Å². The standard InChI is InChI=1S/C10H14N4/c1-7-13-9-8(6-11-2)4-5-12-10(9)14(7)3/h4-5,11H,6H2,1-3H3. The van der Waals surface area contributed by atoms with Crippen molar-refractivity contribution in [1.29, 1.82) is 0 Å². The number of imidazole rings is 1. The van der Waals surface area contributed by atoms with Gasteiger partial charge in [-0.05, 0) is 25.6 Å². The van der Waals surface area contributed by atoms with E-state index in [9.17, 15) is 0 Å². The first kappa shape index (κ1) is 9.15. The Kier molecular flexibility index (Phi) is 2.21. The maximum atomic E-state index is 4.49. The third-order valence-electron chi connectivity index (χ3n) is 2.43. The average molecular weight is 190 g/mol. The molecule has 0 unspecified atom stereocenters. The Bertz CT molecular complexity index is 458. The smallest absolute Gasteiger partial charge is 0.160 e. The topological polar surface area (TPSA) is 42.7 Å². The van der Waals surface area contributed by atoms with Gasteiger partial charge in [-0.25, -0.2) is 9.97 Å². The molecule has 2 aromatic rings. The van der Waals surface area contributed by atoms with E-state index in [1.165, 1.54) is 5.56 Å². The SMILES string of the molecule is CNCc1ccnc2c1nc(C)n2C. The summed E-state index contributed by atoms with van der Waals surface area (Å²) in [7, 11) is 3.92. The number of hydrogen-bond donors (Lipinski definition) is 1. The number of aromatic nitrogens is 3. The van der Waals surface area contributed by atoms with Gasteiger partial charge in [0.2, 0.25) is 0 Å². The number of nitrogens with zero attached hydrogens (tertiary/aromatic N) is 3. The fourth-order valence-corrected chi connectivity index (χ4v) is 1.57. The van der Waals surface area contributed by atoms with Gasteiger partial charge in [-0.3, -0.25) is 0 Å². The van der Waals surface area contributed by atoms with Crippen molar-refractivity contribution in [2.45, 2.75) is 13.5 Å². The molecule has 4 nitrogen and oxygen atoms in total. The number of pyridine rings is 1. The molecule has 0 radical (unpaired) electrons. The quantitative estimate of drug-likeness (QED) is 0.768. The van der Waals surface area contributed by atoms with Crippen LogP contribution >= 0.6 is 0 Å². The van der Waals surface area contributed by atoms with Crippen molar-refractivity contribution in [3.05, 3.63) is 23.7 Å². The minimum absolute atomic E-state index is 0.829. The molecule has 0 fully saturated rings. The summed E-state index contributed by atoms with van der Waals surface area (Å²) >= 11 is 0. The van der Waals surface area contributed by atoms with E-state index in [1.54, 1.807) is 0 Å². The number of nitrogens with one attached hydrogen (secondary N) is 1. The van der Waals surface area contributed by atoms with E-state index in [1.807, 2.05) is 37.8 Å². The molecular weight excluding hydrogens is 176 g/mol. The van der Waals surface area contributed by atoms with Crippen LogP contribution < -0.4 is 5.32 Å². The largest absolute Gasteiger partial charge is 0.316 e. The van der Waals surface area contributed by atoms with Crippen LogP contribution in [0.3, 0.4) is 0 Å². The molecule has 0 bridgehead atoms. The molecule has 2 heterocycles. The van der Waals surface area contributed by atoms with Crippen molar-refractivity contribution in [2.75, 3.05) is 7.05 Å². The Hall–Kier alpha value is -1.42. The highest BCUT2D eigenvalue weighted by Crippen LogP contribution is 2.15. The summed E-state index contributed by atoms with van der Waals surface area (Å²) in [5, 5.41) is 3.13. The van der Waals surface area contributed by atoms with Gasteiger partial charge in [-0.2, -0.15) is 0 Å². The van der Waals surface area contributed by atoms with Gasteiger partial charge in [0, 0.05) is 19.8 Å². The van der Waals surface area contributed by atoms with Crippen molar-refractivity contribution in [3.63, 3.8) is 0 Å². The Balaban J connectivity index is 2.68. The molecule has 0 saturated carbocycles. The van der Waals surface area contributed by atoms with Crippen LogP contribution in [0.25, 0.3) is 11.2 Å². The maximum Gasteiger partial charge on any atom is 0.160 e. The Labute approximate surface area is 83.0 Å². The molecule has 74 valence electrons. The first-order valence-electron chi connectivity index (χ1n) is 4.65. The van der Waals surface area contributed by atoms with Crippen molar-refractivity contribution in [2.24, 2.45) is 7.05 Å². The van der Waals surface area contributed by atoms with Crippen molar-refractivity contribution in [3.8, 4) is 0 Å². The van der Waals surface area contributed by atoms with Crippen LogP contribution in [-0.4, -0.2) is 21.6 Å². The van der Waals surface area contributed by atoms with E-state index in [4.69, 9.17) is 0 Å². The Morgan fingerprint density at radius 3 is 3.00 bits per heavy atom. The van der Waals surface area contributed by atoms with E-state index in [2.05, 4.69) is 15.3 Å². The van der Waals surface area contributed by atoms with Crippen LogP contribution in [0.2, 0.25) is 0 Å². The van der Waals surface area contributed by atoms with Gasteiger partial charge in [0.25, 0.3) is 0 Å². The van der Waals surface area contributed by atoms with E-state index < -0.39 is 0 Å². The van der Waals surface area contributed by atoms with Gasteiger partial charge < -0.3 is 9.88 Å². The lowest BCUT2D eigenvalue weighted by Crippen LogP contribution is -2.05. The molecule has 0 saturated heterocycles. The van der Waals surface area contributed by atoms with E-state index in [0.29, 0.717) is 0 Å². The van der Waals surface area contributed by atoms with Gasteiger partial charge in [-0.1, -0.05) is 0 Å². The van der Waals surface area contributed by atoms with Crippen molar-refractivity contribution in [1.82, 2.24) is 19.9 Å². The van der Waals surface area contributed by atoms with Crippen molar-refractivity contribution >= 4 is 11.2 Å². The normalized spacial score (nSPS) is 11.1. The molecule has 0 aliphatic carbocycles. The molecular formula is C10H14N4. The zero-order valence-electron chi connectivity index (χ0n) is 8.70. The summed E-state index contributed by atoms with van der Waals surface area (Å²) < 4.78 is 2.01. The molecule has 0 spiro atoms. The second-order valence-electron chi connectivity index (χ2n) is 3.39. The van der Waals surface area contributed by atoms with Crippen LogP contribution in [0.15, 0.2) is 12.3 Å². The molecule has 2 aromatic heterocycles. The maximum absolute atomic E-state index is 4.49. The van der Waals surface area contributed by atoms with Gasteiger partial charge in [0.15, 0.2) is 5.65 Å². The Morgan fingerprint density at radius 2 is 2.29 bits per heavy atom. The second-order valence-corrected chi connectivity index (χ2v) is 3.39. The second kappa shape index (κ2) is 3.38.